The van der Waals surface area contributed by atoms with E-state index in [0.29, 0.717) is 22.8 Å². The number of imidazole rings is 1. The molecule has 2 heterocycles. The van der Waals surface area contributed by atoms with Gasteiger partial charge in [0, 0.05) is 11.1 Å². The number of fused-ring (bicyclic) bond motifs is 1. The first-order valence-electron chi connectivity index (χ1n) is 8.32. The van der Waals surface area contributed by atoms with Gasteiger partial charge >= 0.3 is 0 Å². The molecule has 0 bridgehead atoms. The molecular formula is C21H15ClN4O. The summed E-state index contributed by atoms with van der Waals surface area (Å²) < 4.78 is 7.46. The number of hydrogen-bond acceptors (Lipinski definition) is 4. The summed E-state index contributed by atoms with van der Waals surface area (Å²) in [6.07, 6.45) is 6.50. The molecule has 27 heavy (non-hydrogen) atoms. The normalized spacial score (nSPS) is 10.4. The van der Waals surface area contributed by atoms with Gasteiger partial charge in [0.1, 0.15) is 29.5 Å². The van der Waals surface area contributed by atoms with Crippen molar-refractivity contribution in [3.63, 3.8) is 0 Å². The zero-order valence-electron chi connectivity index (χ0n) is 14.3. The van der Waals surface area contributed by atoms with Crippen molar-refractivity contribution in [3.05, 3.63) is 95.5 Å². The van der Waals surface area contributed by atoms with Gasteiger partial charge in [-0.15, -0.1) is 0 Å². The van der Waals surface area contributed by atoms with E-state index in [0.717, 1.165) is 17.0 Å². The minimum Gasteiger partial charge on any atom is -0.457 e. The van der Waals surface area contributed by atoms with Crippen LogP contribution in [0.2, 0.25) is 5.02 Å². The summed E-state index contributed by atoms with van der Waals surface area (Å²) in [4.78, 5) is 13.1. The predicted octanol–water partition coefficient (Wildman–Crippen LogP) is 4.73. The highest BCUT2D eigenvalue weighted by Gasteiger charge is 2.08. The van der Waals surface area contributed by atoms with Gasteiger partial charge in [0.25, 0.3) is 0 Å². The molecule has 5 nitrogen and oxygen atoms in total. The van der Waals surface area contributed by atoms with Crippen LogP contribution in [0.1, 0.15) is 11.3 Å². The Morgan fingerprint density at radius 3 is 2.63 bits per heavy atom. The third kappa shape index (κ3) is 4.06. The lowest BCUT2D eigenvalue weighted by atomic mass is 10.2. The van der Waals surface area contributed by atoms with Crippen molar-refractivity contribution in [2.24, 2.45) is 0 Å². The molecule has 0 N–H and O–H groups in total. The Labute approximate surface area is 161 Å². The number of nitrogens with zero attached hydrogens (tertiary/aromatic N) is 4. The third-order valence-corrected chi connectivity index (χ3v) is 4.17. The van der Waals surface area contributed by atoms with E-state index in [1.165, 1.54) is 12.6 Å². The van der Waals surface area contributed by atoms with E-state index in [9.17, 15) is 0 Å². The van der Waals surface area contributed by atoms with Crippen molar-refractivity contribution in [2.45, 2.75) is 6.54 Å². The van der Waals surface area contributed by atoms with Crippen LogP contribution in [-0.4, -0.2) is 19.5 Å². The summed E-state index contributed by atoms with van der Waals surface area (Å²) in [6, 6.07) is 17.2. The molecule has 0 saturated heterocycles. The largest absolute Gasteiger partial charge is 0.457 e. The number of rotatable bonds is 5. The molecule has 6 heteroatoms. The summed E-state index contributed by atoms with van der Waals surface area (Å²) in [5.41, 5.74) is 6.26. The van der Waals surface area contributed by atoms with Gasteiger partial charge in [0.2, 0.25) is 0 Å². The van der Waals surface area contributed by atoms with E-state index in [4.69, 9.17) is 16.3 Å². The zero-order valence-corrected chi connectivity index (χ0v) is 15.0. The second-order valence-corrected chi connectivity index (χ2v) is 6.23. The Morgan fingerprint density at radius 1 is 1.00 bits per heavy atom. The van der Waals surface area contributed by atoms with Gasteiger partial charge in [-0.25, -0.2) is 15.0 Å². The maximum Gasteiger partial charge on any atom is 0.164 e. The molecule has 0 atom stereocenters. The summed E-state index contributed by atoms with van der Waals surface area (Å²) in [6.45, 7) is 0.654. The molecule has 0 aliphatic rings. The third-order valence-electron chi connectivity index (χ3n) is 3.92. The van der Waals surface area contributed by atoms with Crippen LogP contribution in [0.15, 0.2) is 79.2 Å². The van der Waals surface area contributed by atoms with Gasteiger partial charge in [0.15, 0.2) is 5.65 Å². The molecule has 0 unspecified atom stereocenters. The molecule has 2 aromatic carbocycles. The maximum atomic E-state index is 5.94. The fourth-order valence-electron chi connectivity index (χ4n) is 2.62. The van der Waals surface area contributed by atoms with Crippen molar-refractivity contribution in [2.75, 3.05) is 0 Å². The Bertz CT molecular complexity index is 1110. The Morgan fingerprint density at radius 2 is 1.81 bits per heavy atom. The van der Waals surface area contributed by atoms with Gasteiger partial charge < -0.3 is 9.30 Å². The molecule has 2 aromatic heterocycles. The number of hydrogen-bond donors (Lipinski definition) is 0. The van der Waals surface area contributed by atoms with E-state index in [-0.39, 0.29) is 0 Å². The van der Waals surface area contributed by atoms with Crippen LogP contribution in [0, 0.1) is 0 Å². The summed E-state index contributed by atoms with van der Waals surface area (Å²) in [7, 11) is 0. The molecule has 0 saturated carbocycles. The van der Waals surface area contributed by atoms with Gasteiger partial charge in [0.05, 0.1) is 12.9 Å². The summed E-state index contributed by atoms with van der Waals surface area (Å²) >= 11 is 5.94. The highest BCUT2D eigenvalue weighted by molar-refractivity contribution is 6.30. The standard InChI is InChI=1S/C21H15ClN4O/c22-17-10-8-16(9-11-17)13-26-15-25-20-19(23-14-24-21(20)26)7-4-12-27-18-5-2-1-3-6-18/h1-3,5-12,14-15H,13H2. The van der Waals surface area contributed by atoms with Crippen LogP contribution in [0.4, 0.5) is 0 Å². The molecule has 0 spiro atoms. The number of halogens is 1. The molecule has 0 fully saturated rings. The molecule has 0 radical (unpaired) electrons. The number of para-hydroxylation sites is 1. The second-order valence-electron chi connectivity index (χ2n) is 5.79. The monoisotopic (exact) mass is 374 g/mol. The molecule has 0 aliphatic heterocycles. The predicted molar refractivity (Wildman–Crippen MR) is 105 cm³/mol. The molecule has 4 aromatic rings. The Hall–Kier alpha value is -3.40. The minimum absolute atomic E-state index is 0.654. The van der Waals surface area contributed by atoms with Gasteiger partial charge in [-0.3, -0.25) is 0 Å². The van der Waals surface area contributed by atoms with Crippen molar-refractivity contribution in [1.29, 1.82) is 0 Å². The highest BCUT2D eigenvalue weighted by atomic mass is 35.5. The van der Waals surface area contributed by atoms with Crippen LogP contribution in [0.3, 0.4) is 0 Å². The number of aromatic nitrogens is 4. The first-order valence-corrected chi connectivity index (χ1v) is 8.70. The maximum absolute atomic E-state index is 5.94. The fraction of sp³-hybridized carbons (Fsp3) is 0.0476. The average Bonchev–Trinajstić information content (AvgIpc) is 3.11. The SMILES string of the molecule is Clc1ccc(Cn2cnc3c(C=C=COc4ccccc4)ncnc32)cc1. The molecule has 0 amide bonds. The Kier molecular flexibility index (Phi) is 4.97. The van der Waals surface area contributed by atoms with Crippen molar-refractivity contribution in [3.8, 4) is 5.75 Å². The Balaban J connectivity index is 1.57. The zero-order chi connectivity index (χ0) is 18.5. The van der Waals surface area contributed by atoms with Gasteiger partial charge in [-0.05, 0) is 29.8 Å². The lowest BCUT2D eigenvalue weighted by Gasteiger charge is -2.04. The van der Waals surface area contributed by atoms with Crippen LogP contribution in [0.25, 0.3) is 17.2 Å². The smallest absolute Gasteiger partial charge is 0.164 e. The van der Waals surface area contributed by atoms with Gasteiger partial charge in [-0.1, -0.05) is 47.7 Å². The molecular weight excluding hydrogens is 360 g/mol. The minimum atomic E-state index is 0.654. The number of benzene rings is 2. The first kappa shape index (κ1) is 17.0. The lowest BCUT2D eigenvalue weighted by Crippen LogP contribution is -1.99. The second kappa shape index (κ2) is 7.87. The van der Waals surface area contributed by atoms with Crippen LogP contribution < -0.4 is 4.74 Å². The molecule has 0 aliphatic carbocycles. The summed E-state index contributed by atoms with van der Waals surface area (Å²) in [5.74, 6) is 0.749. The van der Waals surface area contributed by atoms with E-state index < -0.39 is 0 Å². The highest BCUT2D eigenvalue weighted by Crippen LogP contribution is 2.17. The quantitative estimate of drug-likeness (QED) is 0.374. The van der Waals surface area contributed by atoms with E-state index in [2.05, 4.69) is 20.7 Å². The van der Waals surface area contributed by atoms with Crippen molar-refractivity contribution < 1.29 is 4.74 Å². The van der Waals surface area contributed by atoms with Crippen LogP contribution >= 0.6 is 11.6 Å². The molecule has 4 rings (SSSR count). The number of ether oxygens (including phenoxy) is 1. The van der Waals surface area contributed by atoms with Crippen molar-refractivity contribution >= 4 is 28.8 Å². The van der Waals surface area contributed by atoms with E-state index >= 15 is 0 Å². The van der Waals surface area contributed by atoms with E-state index in [1.54, 1.807) is 12.4 Å². The van der Waals surface area contributed by atoms with Crippen molar-refractivity contribution in [1.82, 2.24) is 19.5 Å². The van der Waals surface area contributed by atoms with E-state index in [1.807, 2.05) is 59.2 Å². The van der Waals surface area contributed by atoms with Gasteiger partial charge in [-0.2, -0.15) is 0 Å². The summed E-state index contributed by atoms with van der Waals surface area (Å²) in [5, 5.41) is 0.716. The topological polar surface area (TPSA) is 52.8 Å². The average molecular weight is 375 g/mol. The van der Waals surface area contributed by atoms with Crippen LogP contribution in [-0.2, 0) is 6.54 Å². The lowest BCUT2D eigenvalue weighted by molar-refractivity contribution is 0.482. The van der Waals surface area contributed by atoms with Crippen LogP contribution in [0.5, 0.6) is 5.75 Å². The fourth-order valence-corrected chi connectivity index (χ4v) is 2.75. The first-order chi connectivity index (χ1) is 13.3. The molecule has 132 valence electrons.